The topological polar surface area (TPSA) is 154 Å². The van der Waals surface area contributed by atoms with Crippen molar-refractivity contribution in [2.75, 3.05) is 17.2 Å². The van der Waals surface area contributed by atoms with E-state index in [1.165, 1.54) is 12.3 Å². The zero-order valence-corrected chi connectivity index (χ0v) is 19.5. The molecule has 0 radical (unpaired) electrons. The first-order valence-corrected chi connectivity index (χ1v) is 12.2. The van der Waals surface area contributed by atoms with E-state index >= 15 is 0 Å². The first kappa shape index (κ1) is 24.2. The highest BCUT2D eigenvalue weighted by Crippen LogP contribution is 2.37. The molecule has 1 aromatic heterocycles. The highest BCUT2D eigenvalue weighted by molar-refractivity contribution is 7.89. The van der Waals surface area contributed by atoms with Crippen LogP contribution in [0.5, 0.6) is 0 Å². The minimum absolute atomic E-state index is 0.0756. The molecule has 11 heteroatoms. The fraction of sp³-hybridized carbons (Fsp3) is 0.476. The summed E-state index contributed by atoms with van der Waals surface area (Å²) in [4.78, 5) is 8.54. The second-order valence-electron chi connectivity index (χ2n) is 8.68. The molecule has 172 valence electrons. The van der Waals surface area contributed by atoms with Gasteiger partial charge in [-0.2, -0.15) is 10.2 Å². The van der Waals surface area contributed by atoms with Gasteiger partial charge < -0.3 is 15.7 Å². The SMILES string of the molecule is CC1(C)C[C@H](Nc2nc(NCCc3ccc(S(N)(=O)=O)c(Cl)c3)ncc2C#N)CC[C@@H]1O. The number of rotatable bonds is 7. The molecule has 1 aromatic carbocycles. The molecule has 1 saturated carbocycles. The van der Waals surface area contributed by atoms with Gasteiger partial charge in [0.25, 0.3) is 0 Å². The summed E-state index contributed by atoms with van der Waals surface area (Å²) in [5.74, 6) is 0.830. The maximum absolute atomic E-state index is 11.5. The van der Waals surface area contributed by atoms with E-state index in [-0.39, 0.29) is 27.5 Å². The Morgan fingerprint density at radius 3 is 2.75 bits per heavy atom. The van der Waals surface area contributed by atoms with E-state index in [9.17, 15) is 18.8 Å². The number of hydrogen-bond donors (Lipinski definition) is 4. The first-order chi connectivity index (χ1) is 15.0. The van der Waals surface area contributed by atoms with Crippen LogP contribution in [0.2, 0.25) is 5.02 Å². The molecule has 32 heavy (non-hydrogen) atoms. The quantitative estimate of drug-likeness (QED) is 0.473. The molecule has 1 aliphatic rings. The van der Waals surface area contributed by atoms with Crippen LogP contribution in [0.3, 0.4) is 0 Å². The molecule has 0 aliphatic heterocycles. The lowest BCUT2D eigenvalue weighted by Crippen LogP contribution is -2.41. The van der Waals surface area contributed by atoms with Crippen molar-refractivity contribution in [3.8, 4) is 6.07 Å². The number of primary sulfonamides is 1. The van der Waals surface area contributed by atoms with E-state index in [0.29, 0.717) is 36.7 Å². The largest absolute Gasteiger partial charge is 0.393 e. The number of aromatic nitrogens is 2. The second kappa shape index (κ2) is 9.58. The van der Waals surface area contributed by atoms with Crippen LogP contribution in [0.4, 0.5) is 11.8 Å². The van der Waals surface area contributed by atoms with E-state index in [1.54, 1.807) is 12.1 Å². The van der Waals surface area contributed by atoms with E-state index in [1.807, 2.05) is 13.8 Å². The molecule has 2 aromatic rings. The molecule has 0 saturated heterocycles. The monoisotopic (exact) mass is 478 g/mol. The molecule has 0 bridgehead atoms. The van der Waals surface area contributed by atoms with Crippen LogP contribution in [0.15, 0.2) is 29.3 Å². The third kappa shape index (κ3) is 5.86. The summed E-state index contributed by atoms with van der Waals surface area (Å²) in [6, 6.07) is 6.81. The summed E-state index contributed by atoms with van der Waals surface area (Å²) >= 11 is 6.03. The van der Waals surface area contributed by atoms with E-state index in [4.69, 9.17) is 16.7 Å². The maximum Gasteiger partial charge on any atom is 0.239 e. The van der Waals surface area contributed by atoms with Crippen LogP contribution >= 0.6 is 11.6 Å². The number of aliphatic hydroxyl groups excluding tert-OH is 1. The number of benzene rings is 1. The molecule has 3 rings (SSSR count). The number of nitrogens with zero attached hydrogens (tertiary/aromatic N) is 3. The van der Waals surface area contributed by atoms with Crippen molar-refractivity contribution in [1.29, 1.82) is 5.26 Å². The van der Waals surface area contributed by atoms with Crippen LogP contribution in [0.1, 0.15) is 44.2 Å². The molecule has 1 heterocycles. The van der Waals surface area contributed by atoms with Crippen LogP contribution in [0.25, 0.3) is 0 Å². The van der Waals surface area contributed by atoms with E-state index in [0.717, 1.165) is 18.4 Å². The predicted molar refractivity (Wildman–Crippen MR) is 123 cm³/mol. The van der Waals surface area contributed by atoms with Crippen LogP contribution in [-0.4, -0.2) is 42.2 Å². The fourth-order valence-electron chi connectivity index (χ4n) is 3.85. The summed E-state index contributed by atoms with van der Waals surface area (Å²) in [6.07, 6.45) is 3.92. The van der Waals surface area contributed by atoms with Crippen molar-refractivity contribution in [3.63, 3.8) is 0 Å². The minimum atomic E-state index is -3.86. The number of aliphatic hydroxyl groups is 1. The fourth-order valence-corrected chi connectivity index (χ4v) is 4.96. The second-order valence-corrected chi connectivity index (χ2v) is 10.6. The third-order valence-corrected chi connectivity index (χ3v) is 7.11. The highest BCUT2D eigenvalue weighted by atomic mass is 35.5. The number of anilines is 2. The van der Waals surface area contributed by atoms with Crippen LogP contribution < -0.4 is 15.8 Å². The Balaban J connectivity index is 1.64. The Hall–Kier alpha value is -2.45. The van der Waals surface area contributed by atoms with Gasteiger partial charge in [-0.3, -0.25) is 0 Å². The Morgan fingerprint density at radius 2 is 2.12 bits per heavy atom. The Bertz CT molecular complexity index is 1130. The molecule has 5 N–H and O–H groups in total. The van der Waals surface area contributed by atoms with Crippen molar-refractivity contribution >= 4 is 33.4 Å². The number of sulfonamides is 1. The average molecular weight is 479 g/mol. The average Bonchev–Trinajstić information content (AvgIpc) is 2.70. The lowest BCUT2D eigenvalue weighted by molar-refractivity contribution is 0.00926. The summed E-state index contributed by atoms with van der Waals surface area (Å²) in [7, 11) is -3.86. The first-order valence-electron chi connectivity index (χ1n) is 10.3. The molecule has 0 amide bonds. The normalized spacial score (nSPS) is 20.4. The smallest absolute Gasteiger partial charge is 0.239 e. The van der Waals surface area contributed by atoms with Gasteiger partial charge in [0.1, 0.15) is 22.3 Å². The number of halogens is 1. The van der Waals surface area contributed by atoms with Gasteiger partial charge in [-0.05, 0) is 48.8 Å². The van der Waals surface area contributed by atoms with Gasteiger partial charge in [0.05, 0.1) is 17.3 Å². The number of hydrogen-bond acceptors (Lipinski definition) is 8. The number of nitriles is 1. The van der Waals surface area contributed by atoms with Gasteiger partial charge in [-0.15, -0.1) is 0 Å². The molecule has 1 aliphatic carbocycles. The van der Waals surface area contributed by atoms with Crippen molar-refractivity contribution in [1.82, 2.24) is 9.97 Å². The van der Waals surface area contributed by atoms with Gasteiger partial charge >= 0.3 is 0 Å². The lowest BCUT2D eigenvalue weighted by atomic mass is 9.73. The summed E-state index contributed by atoms with van der Waals surface area (Å²) < 4.78 is 22.9. The van der Waals surface area contributed by atoms with Crippen molar-refractivity contribution in [3.05, 3.63) is 40.5 Å². The minimum Gasteiger partial charge on any atom is -0.393 e. The summed E-state index contributed by atoms with van der Waals surface area (Å²) in [6.45, 7) is 4.54. The Kier molecular flexibility index (Phi) is 7.25. The van der Waals surface area contributed by atoms with Crippen molar-refractivity contribution in [2.45, 2.75) is 56.6 Å². The predicted octanol–water partition coefficient (Wildman–Crippen LogP) is 2.66. The molecule has 0 unspecified atom stereocenters. The summed E-state index contributed by atoms with van der Waals surface area (Å²) in [5.41, 5.74) is 0.964. The van der Waals surface area contributed by atoms with Crippen LogP contribution in [-0.2, 0) is 16.4 Å². The van der Waals surface area contributed by atoms with Gasteiger partial charge in [0.2, 0.25) is 16.0 Å². The van der Waals surface area contributed by atoms with Crippen molar-refractivity contribution < 1.29 is 13.5 Å². The standard InChI is InChI=1S/C21H27ClN6O3S/c1-21(2)10-15(4-6-18(21)29)27-19-14(11-23)12-26-20(28-19)25-8-7-13-3-5-17(16(22)9-13)32(24,30)31/h3,5,9,12,15,18,29H,4,6-8,10H2,1-2H3,(H2,24,30,31)(H2,25,26,27,28)/t15-,18+/m1/s1. The molecule has 9 nitrogen and oxygen atoms in total. The van der Waals surface area contributed by atoms with Crippen LogP contribution in [0, 0.1) is 16.7 Å². The number of nitrogens with one attached hydrogen (secondary N) is 2. The number of nitrogens with two attached hydrogens (primary N) is 1. The lowest BCUT2D eigenvalue weighted by Gasteiger charge is -2.40. The summed E-state index contributed by atoms with van der Waals surface area (Å²) in [5, 5.41) is 31.2. The van der Waals surface area contributed by atoms with E-state index < -0.39 is 10.0 Å². The third-order valence-electron chi connectivity index (χ3n) is 5.71. The van der Waals surface area contributed by atoms with Gasteiger partial charge in [-0.1, -0.05) is 31.5 Å². The molecular weight excluding hydrogens is 452 g/mol. The maximum atomic E-state index is 11.5. The molecular formula is C21H27ClN6O3S. The van der Waals surface area contributed by atoms with Crippen molar-refractivity contribution in [2.24, 2.45) is 10.6 Å². The zero-order chi connectivity index (χ0) is 23.5. The Morgan fingerprint density at radius 1 is 1.38 bits per heavy atom. The van der Waals surface area contributed by atoms with Gasteiger partial charge in [-0.25, -0.2) is 18.5 Å². The molecule has 1 fully saturated rings. The van der Waals surface area contributed by atoms with E-state index in [2.05, 4.69) is 26.7 Å². The highest BCUT2D eigenvalue weighted by Gasteiger charge is 2.35. The molecule has 0 spiro atoms. The Labute approximate surface area is 193 Å². The zero-order valence-electron chi connectivity index (χ0n) is 18.0. The van der Waals surface area contributed by atoms with Gasteiger partial charge in [0, 0.05) is 12.6 Å². The van der Waals surface area contributed by atoms with Gasteiger partial charge in [0.15, 0.2) is 0 Å². The molecule has 2 atom stereocenters.